The summed E-state index contributed by atoms with van der Waals surface area (Å²) < 4.78 is 4.73. The average molecular weight is 274 g/mol. The van der Waals surface area contributed by atoms with Crippen LogP contribution >= 0.6 is 0 Å². The molecule has 19 heavy (non-hydrogen) atoms. The van der Waals surface area contributed by atoms with E-state index in [-0.39, 0.29) is 12.6 Å². The minimum absolute atomic E-state index is 0.0994. The Hall–Kier alpha value is -1.34. The topological polar surface area (TPSA) is 99.1 Å². The molecule has 0 heterocycles. The van der Waals surface area contributed by atoms with Crippen molar-refractivity contribution < 1.29 is 24.5 Å². The first kappa shape index (κ1) is 15.7. The molecule has 0 aliphatic heterocycles. The number of aliphatic hydroxyl groups excluding tert-OH is 1. The molecule has 0 aromatic heterocycles. The van der Waals surface area contributed by atoms with Gasteiger partial charge in [0.05, 0.1) is 18.7 Å². The van der Waals surface area contributed by atoms with Crippen molar-refractivity contribution in [2.24, 2.45) is 0 Å². The molecule has 0 aromatic rings. The molecule has 0 spiro atoms. The molecule has 1 fully saturated rings. The Kier molecular flexibility index (Phi) is 6.04. The number of urea groups is 1. The second-order valence-electron chi connectivity index (χ2n) is 4.78. The summed E-state index contributed by atoms with van der Waals surface area (Å²) in [6, 6.07) is -0.603. The fourth-order valence-electron chi connectivity index (χ4n) is 2.27. The number of carbonyl (C=O) groups excluding carboxylic acids is 1. The molecule has 1 saturated carbocycles. The van der Waals surface area contributed by atoms with Crippen LogP contribution in [0.5, 0.6) is 0 Å². The maximum Gasteiger partial charge on any atom is 0.334 e. The van der Waals surface area contributed by atoms with Gasteiger partial charge in [0.25, 0.3) is 0 Å². The molecule has 3 unspecified atom stereocenters. The molecule has 2 amide bonds. The number of carboxylic acid groups (broad SMARTS) is 1. The van der Waals surface area contributed by atoms with Gasteiger partial charge in [0.1, 0.15) is 0 Å². The number of rotatable bonds is 5. The Bertz CT molecular complexity index is 323. The summed E-state index contributed by atoms with van der Waals surface area (Å²) in [5, 5.41) is 21.1. The van der Waals surface area contributed by atoms with Crippen LogP contribution in [0.2, 0.25) is 0 Å². The molecular formula is C12H22N2O5. The van der Waals surface area contributed by atoms with Crippen molar-refractivity contribution in [1.82, 2.24) is 10.2 Å². The zero-order chi connectivity index (χ0) is 14.4. The molecule has 7 nitrogen and oxygen atoms in total. The van der Waals surface area contributed by atoms with E-state index in [1.165, 1.54) is 12.0 Å². The van der Waals surface area contributed by atoms with E-state index in [2.05, 4.69) is 5.32 Å². The summed E-state index contributed by atoms with van der Waals surface area (Å²) in [6.07, 6.45) is 1.83. The van der Waals surface area contributed by atoms with Gasteiger partial charge in [-0.1, -0.05) is 12.8 Å². The van der Waals surface area contributed by atoms with Crippen LogP contribution in [0, 0.1) is 0 Å². The van der Waals surface area contributed by atoms with Gasteiger partial charge in [-0.3, -0.25) is 0 Å². The minimum Gasteiger partial charge on any atom is -0.479 e. The fourth-order valence-corrected chi connectivity index (χ4v) is 2.27. The highest BCUT2D eigenvalue weighted by Gasteiger charge is 2.29. The monoisotopic (exact) mass is 274 g/mol. The summed E-state index contributed by atoms with van der Waals surface area (Å²) in [5.74, 6) is -1.12. The molecule has 0 radical (unpaired) electrons. The van der Waals surface area contributed by atoms with Gasteiger partial charge in [-0.25, -0.2) is 9.59 Å². The molecule has 1 aliphatic carbocycles. The molecule has 3 N–H and O–H groups in total. The number of aliphatic carboxylic acids is 1. The Labute approximate surface area is 112 Å². The van der Waals surface area contributed by atoms with E-state index in [4.69, 9.17) is 9.84 Å². The number of nitrogens with zero attached hydrogens (tertiary/aromatic N) is 1. The third kappa shape index (κ3) is 4.36. The first-order valence-electron chi connectivity index (χ1n) is 6.41. The van der Waals surface area contributed by atoms with Crippen LogP contribution in [0.3, 0.4) is 0 Å². The van der Waals surface area contributed by atoms with Crippen molar-refractivity contribution in [2.75, 3.05) is 20.7 Å². The number of methoxy groups -OCH3 is 1. The number of amides is 2. The molecule has 110 valence electrons. The number of hydrogen-bond donors (Lipinski definition) is 3. The maximum absolute atomic E-state index is 11.9. The van der Waals surface area contributed by atoms with Crippen molar-refractivity contribution in [3.8, 4) is 0 Å². The summed E-state index contributed by atoms with van der Waals surface area (Å²) in [6.45, 7) is -0.0994. The SMILES string of the molecule is COC(CNC(=O)N(C)C1CCCCC1O)C(=O)O. The molecule has 0 saturated heterocycles. The Morgan fingerprint density at radius 1 is 1.42 bits per heavy atom. The van der Waals surface area contributed by atoms with Gasteiger partial charge in [0.2, 0.25) is 0 Å². The molecule has 3 atom stereocenters. The standard InChI is InChI=1S/C12H22N2O5/c1-14(8-5-3-4-6-9(8)15)12(18)13-7-10(19-2)11(16)17/h8-10,15H,3-7H2,1-2H3,(H,13,18)(H,16,17). The number of hydrogen-bond acceptors (Lipinski definition) is 4. The number of carbonyl (C=O) groups is 2. The first-order chi connectivity index (χ1) is 8.97. The van der Waals surface area contributed by atoms with E-state index < -0.39 is 24.2 Å². The van der Waals surface area contributed by atoms with Gasteiger partial charge in [-0.15, -0.1) is 0 Å². The van der Waals surface area contributed by atoms with Gasteiger partial charge in [-0.05, 0) is 12.8 Å². The van der Waals surface area contributed by atoms with Crippen LogP contribution in [-0.4, -0.2) is 66.1 Å². The Balaban J connectivity index is 2.45. The van der Waals surface area contributed by atoms with Crippen LogP contribution in [0.25, 0.3) is 0 Å². The third-order valence-electron chi connectivity index (χ3n) is 3.51. The van der Waals surface area contributed by atoms with Crippen molar-refractivity contribution in [2.45, 2.75) is 43.9 Å². The van der Waals surface area contributed by atoms with Crippen LogP contribution in [0.4, 0.5) is 4.79 Å². The second kappa shape index (κ2) is 7.30. The predicted octanol–water partition coefficient (Wildman–Crippen LogP) is 0.0309. The zero-order valence-corrected chi connectivity index (χ0v) is 11.3. The Morgan fingerprint density at radius 3 is 2.58 bits per heavy atom. The highest BCUT2D eigenvalue weighted by atomic mass is 16.5. The lowest BCUT2D eigenvalue weighted by molar-refractivity contribution is -0.148. The first-order valence-corrected chi connectivity index (χ1v) is 6.41. The highest BCUT2D eigenvalue weighted by Crippen LogP contribution is 2.22. The van der Waals surface area contributed by atoms with Crippen LogP contribution in [-0.2, 0) is 9.53 Å². The Morgan fingerprint density at radius 2 is 2.05 bits per heavy atom. The molecular weight excluding hydrogens is 252 g/mol. The maximum atomic E-state index is 11.9. The van der Waals surface area contributed by atoms with Crippen LogP contribution in [0.15, 0.2) is 0 Å². The van der Waals surface area contributed by atoms with Crippen molar-refractivity contribution in [1.29, 1.82) is 0 Å². The van der Waals surface area contributed by atoms with Crippen molar-refractivity contribution >= 4 is 12.0 Å². The number of aliphatic hydroxyl groups is 1. The molecule has 1 rings (SSSR count). The molecule has 1 aliphatic rings. The summed E-state index contributed by atoms with van der Waals surface area (Å²) in [4.78, 5) is 24.1. The van der Waals surface area contributed by atoms with Gasteiger partial charge < -0.3 is 25.2 Å². The molecule has 0 aromatic carbocycles. The second-order valence-corrected chi connectivity index (χ2v) is 4.78. The predicted molar refractivity (Wildman–Crippen MR) is 67.9 cm³/mol. The fraction of sp³-hybridized carbons (Fsp3) is 0.833. The highest BCUT2D eigenvalue weighted by molar-refractivity contribution is 5.77. The van der Waals surface area contributed by atoms with Gasteiger partial charge >= 0.3 is 12.0 Å². The van der Waals surface area contributed by atoms with Crippen molar-refractivity contribution in [3.63, 3.8) is 0 Å². The zero-order valence-electron chi connectivity index (χ0n) is 11.3. The summed E-state index contributed by atoms with van der Waals surface area (Å²) in [7, 11) is 2.89. The normalized spacial score (nSPS) is 24.6. The van der Waals surface area contributed by atoms with E-state index in [0.717, 1.165) is 19.3 Å². The van der Waals surface area contributed by atoms with E-state index in [9.17, 15) is 14.7 Å². The number of ether oxygens (including phenoxy) is 1. The number of nitrogens with one attached hydrogen (secondary N) is 1. The van der Waals surface area contributed by atoms with E-state index in [1.54, 1.807) is 7.05 Å². The lowest BCUT2D eigenvalue weighted by Crippen LogP contribution is -2.51. The smallest absolute Gasteiger partial charge is 0.334 e. The lowest BCUT2D eigenvalue weighted by Gasteiger charge is -2.35. The van der Waals surface area contributed by atoms with E-state index in [0.29, 0.717) is 6.42 Å². The van der Waals surface area contributed by atoms with E-state index >= 15 is 0 Å². The molecule has 0 bridgehead atoms. The summed E-state index contributed by atoms with van der Waals surface area (Å²) in [5.41, 5.74) is 0. The lowest BCUT2D eigenvalue weighted by atomic mass is 9.92. The van der Waals surface area contributed by atoms with E-state index in [1.807, 2.05) is 0 Å². The van der Waals surface area contributed by atoms with Crippen molar-refractivity contribution in [3.05, 3.63) is 0 Å². The third-order valence-corrected chi connectivity index (χ3v) is 3.51. The minimum atomic E-state index is -1.12. The average Bonchev–Trinajstić information content (AvgIpc) is 2.38. The van der Waals surface area contributed by atoms with Gasteiger partial charge in [0, 0.05) is 14.2 Å². The number of likely N-dealkylation sites (N-methyl/N-ethyl adjacent to an activating group) is 1. The van der Waals surface area contributed by atoms with Gasteiger partial charge in [0.15, 0.2) is 6.10 Å². The van der Waals surface area contributed by atoms with Gasteiger partial charge in [-0.2, -0.15) is 0 Å². The summed E-state index contributed by atoms with van der Waals surface area (Å²) >= 11 is 0. The van der Waals surface area contributed by atoms with Crippen LogP contribution < -0.4 is 5.32 Å². The molecule has 7 heteroatoms. The number of carboxylic acids is 1. The largest absolute Gasteiger partial charge is 0.479 e. The van der Waals surface area contributed by atoms with Crippen LogP contribution in [0.1, 0.15) is 25.7 Å². The quantitative estimate of drug-likeness (QED) is 0.657.